The summed E-state index contributed by atoms with van der Waals surface area (Å²) in [5.41, 5.74) is 39.3. The third-order valence-corrected chi connectivity index (χ3v) is 22.5. The van der Waals surface area contributed by atoms with Gasteiger partial charge in [-0.25, -0.2) is 0 Å². The number of nitrogens with zero attached hydrogens (tertiary/aromatic N) is 2. The Hall–Kier alpha value is -11.9. The molecule has 3 aliphatic carbocycles. The number of hydrogen-bond donors (Lipinski definition) is 24. The average molecular weight is 1780 g/mol. The molecule has 0 unspecified atom stereocenters. The minimum Gasteiger partial charge on any atom is -0.481 e. The van der Waals surface area contributed by atoms with E-state index < -0.39 is 228 Å². The van der Waals surface area contributed by atoms with Crippen LogP contribution >= 0.6 is 0 Å². The number of unbranched alkanes of at least 4 members (excludes halogenated alkanes) is 2. The van der Waals surface area contributed by atoms with Gasteiger partial charge in [0.05, 0.1) is 49.1 Å². The van der Waals surface area contributed by atoms with Gasteiger partial charge >= 0.3 is 5.97 Å². The topological polar surface area (TPSA) is 727 Å². The maximum atomic E-state index is 14.6. The molecule has 17 amide bonds. The molecular weight excluding hydrogens is 1640 g/mol. The van der Waals surface area contributed by atoms with Gasteiger partial charge in [-0.1, -0.05) is 89.6 Å². The molecule has 0 aromatic heterocycles. The maximum Gasteiger partial charge on any atom is 0.305 e. The van der Waals surface area contributed by atoms with Crippen LogP contribution in [0.2, 0.25) is 0 Å². The molecule has 44 nitrogen and oxygen atoms in total. The first-order valence-electron chi connectivity index (χ1n) is 43.6. The van der Waals surface area contributed by atoms with Crippen LogP contribution in [-0.4, -0.2) is 247 Å². The first-order chi connectivity index (χ1) is 59.8. The highest BCUT2D eigenvalue weighted by atomic mass is 16.4. The second kappa shape index (κ2) is 54.1. The van der Waals surface area contributed by atoms with E-state index in [2.05, 4.69) is 95.1 Å². The van der Waals surface area contributed by atoms with E-state index in [0.717, 1.165) is 0 Å². The van der Waals surface area contributed by atoms with Crippen molar-refractivity contribution in [3.05, 3.63) is 35.9 Å². The lowest BCUT2D eigenvalue weighted by molar-refractivity contribution is -0.141. The van der Waals surface area contributed by atoms with Crippen molar-refractivity contribution in [2.75, 3.05) is 39.3 Å². The first kappa shape index (κ1) is 105. The van der Waals surface area contributed by atoms with E-state index in [1.54, 1.807) is 30.3 Å². The summed E-state index contributed by atoms with van der Waals surface area (Å²) >= 11 is 0. The van der Waals surface area contributed by atoms with Gasteiger partial charge in [-0.05, 0) is 128 Å². The highest BCUT2D eigenvalue weighted by Crippen LogP contribution is 2.30. The number of carboxylic acid groups (broad SMARTS) is 1. The van der Waals surface area contributed by atoms with Crippen LogP contribution in [0.1, 0.15) is 201 Å². The number of aliphatic imine (C=N–C) groups is 2. The SMILES string of the molecule is CCCC[C@@H](CC(=O)NCC(=O)N[C@@H](CC(=O)O)C(=O)N[C@@H](C)C(=O)N[C@@H](Cc1ccccc1)C(=O)N[C@@H](CC(N)=O)C(=O)N[C@@H](CCCN=C(N)N)C(N)=O)NC(=O)[C@H](CCCCN)NC(=O)[C@@H]1CCC[C@H]1NC(=O)[C@H](CC(C)C)NC(=O)[C@@H]1CCCC[C@H]1NC(=O)[C@H](CCCN=C(N)N)NC(=O)[C@@H]1CCC[C@H]1NC(=O)[C@H](C)NC(=O)[C@@H]1CNC[C@H]1NC(C)=O. The minimum atomic E-state index is -1.85. The first-order valence-corrected chi connectivity index (χ1v) is 43.6. The van der Waals surface area contributed by atoms with Crippen molar-refractivity contribution in [3.63, 3.8) is 0 Å². The highest BCUT2D eigenvalue weighted by molar-refractivity contribution is 6.00. The average Bonchev–Trinajstić information content (AvgIpc) is 1.65. The number of hydrogen-bond acceptors (Lipinski definition) is 22. The number of carbonyl (C=O) groups is 18. The number of primary amides is 2. The molecular formula is C82H135N25O19. The normalized spacial score (nSPS) is 20.6. The number of rotatable bonds is 54. The summed E-state index contributed by atoms with van der Waals surface area (Å²) < 4.78 is 0. The predicted molar refractivity (Wildman–Crippen MR) is 462 cm³/mol. The van der Waals surface area contributed by atoms with Crippen molar-refractivity contribution in [1.29, 1.82) is 0 Å². The van der Waals surface area contributed by atoms with Gasteiger partial charge in [0.15, 0.2) is 11.9 Å². The number of carboxylic acids is 1. The summed E-state index contributed by atoms with van der Waals surface area (Å²) in [4.78, 5) is 252. The molecule has 1 aromatic carbocycles. The zero-order valence-electron chi connectivity index (χ0n) is 73.0. The smallest absolute Gasteiger partial charge is 0.305 e. The quantitative estimate of drug-likeness (QED) is 0.0164. The maximum absolute atomic E-state index is 14.6. The third-order valence-electron chi connectivity index (χ3n) is 22.5. The molecule has 5 rings (SSSR count). The monoisotopic (exact) mass is 1770 g/mol. The number of aliphatic carboxylic acids is 1. The molecule has 126 heavy (non-hydrogen) atoms. The Balaban J connectivity index is 1.19. The Morgan fingerprint density at radius 2 is 0.913 bits per heavy atom. The van der Waals surface area contributed by atoms with Gasteiger partial charge in [-0.3, -0.25) is 96.3 Å². The van der Waals surface area contributed by atoms with Crippen LogP contribution in [0.15, 0.2) is 40.3 Å². The van der Waals surface area contributed by atoms with Crippen LogP contribution in [0.25, 0.3) is 0 Å². The summed E-state index contributed by atoms with van der Waals surface area (Å²) in [6, 6.07) is -7.55. The number of nitrogens with one attached hydrogen (secondary N) is 16. The molecule has 4 fully saturated rings. The fourth-order valence-electron chi connectivity index (χ4n) is 15.8. The van der Waals surface area contributed by atoms with Crippen LogP contribution in [0.5, 0.6) is 0 Å². The van der Waals surface area contributed by atoms with Crippen LogP contribution < -0.4 is 125 Å². The van der Waals surface area contributed by atoms with Crippen molar-refractivity contribution in [2.24, 2.45) is 79.7 Å². The number of benzene rings is 1. The molecule has 1 heterocycles. The zero-order valence-corrected chi connectivity index (χ0v) is 73.0. The second-order valence-corrected chi connectivity index (χ2v) is 33.3. The van der Waals surface area contributed by atoms with Gasteiger partial charge in [0.1, 0.15) is 54.4 Å². The second-order valence-electron chi connectivity index (χ2n) is 33.3. The van der Waals surface area contributed by atoms with Crippen molar-refractivity contribution >= 4 is 118 Å². The molecule has 1 aliphatic heterocycles. The van der Waals surface area contributed by atoms with Crippen LogP contribution in [0.4, 0.5) is 0 Å². The molecule has 702 valence electrons. The molecule has 4 aliphatic rings. The Morgan fingerprint density at radius 3 is 1.46 bits per heavy atom. The summed E-state index contributed by atoms with van der Waals surface area (Å²) in [5, 5.41) is 53.2. The van der Waals surface area contributed by atoms with Crippen LogP contribution in [-0.2, 0) is 92.7 Å². The Labute approximate surface area is 733 Å². The molecule has 0 spiro atoms. The van der Waals surface area contributed by atoms with Crippen LogP contribution in [0.3, 0.4) is 0 Å². The molecule has 1 aromatic rings. The summed E-state index contributed by atoms with van der Waals surface area (Å²) in [6.07, 6.45) is 5.29. The van der Waals surface area contributed by atoms with Crippen molar-refractivity contribution in [1.82, 2.24) is 85.1 Å². The number of amides is 17. The Bertz CT molecular complexity index is 3960. The lowest BCUT2D eigenvalue weighted by atomic mass is 9.83. The predicted octanol–water partition coefficient (Wildman–Crippen LogP) is -6.10. The standard InChI is InChI=1S/C82H135N25O19/c1-7-8-22-48(37-65(110)93-42-66(111)98-62(39-67(112)113)77(123)95-45(5)70(116)105-60(36-47-20-10-9-11-21-47)79(125)107-61(38-64(84)109)80(126)102-56(68(85)114)30-18-33-91-81(86)87)97-75(121)57(27-14-15-32-83)103-72(118)51-25-17-29-55(51)101-78(124)59(35-43(2)3)106-73(119)49-23-12-13-26-53(49)100-76(122)58(31-19-34-92-82(88)89)104-71(117)50-24-16-28-54(50)99-69(115)44(4)94-74(120)52-40-90-41-63(52)96-46(6)108/h9-11,20-21,43-45,48-63,90H,7-8,12-19,22-42,83H2,1-6H3,(H2,84,109)(H2,85,114)(H,93,110)(H,94,120)(H,95,123)(H,96,108)(H,97,121)(H,98,111)(H,99,115)(H,100,122)(H,101,124)(H,102,126)(H,103,118)(H,104,117)(H,105,116)(H,106,119)(H,107,125)(H,112,113)(H4,86,87,91)(H4,88,89,92)/t44-,45-,48-,49+,50+,51+,52+,53+,54+,55+,56-,57-,58-,59-,60-,61-,62-,63+/m0/s1. The van der Waals surface area contributed by atoms with Gasteiger partial charge in [0, 0.05) is 70.1 Å². The number of nitrogens with two attached hydrogens (primary N) is 7. The van der Waals surface area contributed by atoms with Gasteiger partial charge in [0.25, 0.3) is 0 Å². The zero-order chi connectivity index (χ0) is 93.3. The number of guanidine groups is 2. The lowest BCUT2D eigenvalue weighted by Gasteiger charge is -2.34. The lowest BCUT2D eigenvalue weighted by Crippen LogP contribution is -2.59. The van der Waals surface area contributed by atoms with Crippen molar-refractivity contribution < 1.29 is 91.4 Å². The van der Waals surface area contributed by atoms with E-state index in [1.807, 2.05) is 20.8 Å². The Kier molecular flexibility index (Phi) is 45.0. The van der Waals surface area contributed by atoms with Gasteiger partial charge < -0.3 is 130 Å². The van der Waals surface area contributed by atoms with Gasteiger partial charge in [0.2, 0.25) is 100 Å². The number of carbonyl (C=O) groups excluding carboxylic acids is 17. The third kappa shape index (κ3) is 37.1. The van der Waals surface area contributed by atoms with E-state index >= 15 is 0 Å². The molecule has 18 atom stereocenters. The van der Waals surface area contributed by atoms with Gasteiger partial charge in [-0.2, -0.15) is 0 Å². The molecule has 3 saturated carbocycles. The van der Waals surface area contributed by atoms with Crippen molar-refractivity contribution in [3.8, 4) is 0 Å². The fraction of sp³-hybridized carbons (Fsp3) is 0.683. The van der Waals surface area contributed by atoms with Crippen molar-refractivity contribution in [2.45, 2.75) is 287 Å². The summed E-state index contributed by atoms with van der Waals surface area (Å²) in [7, 11) is 0. The fourth-order valence-corrected chi connectivity index (χ4v) is 15.8. The van der Waals surface area contributed by atoms with E-state index in [-0.39, 0.29) is 101 Å². The van der Waals surface area contributed by atoms with Crippen LogP contribution in [0, 0.1) is 29.6 Å². The summed E-state index contributed by atoms with van der Waals surface area (Å²) in [5.74, 6) is -17.7. The van der Waals surface area contributed by atoms with E-state index in [1.165, 1.54) is 20.8 Å². The summed E-state index contributed by atoms with van der Waals surface area (Å²) in [6.45, 7) is 10.0. The van der Waals surface area contributed by atoms with E-state index in [4.69, 9.17) is 40.1 Å². The molecule has 0 radical (unpaired) electrons. The van der Waals surface area contributed by atoms with Gasteiger partial charge in [-0.15, -0.1) is 0 Å². The molecule has 1 saturated heterocycles. The molecule has 31 N–H and O–H groups in total. The highest BCUT2D eigenvalue weighted by Gasteiger charge is 2.43. The largest absolute Gasteiger partial charge is 0.481 e. The molecule has 0 bridgehead atoms. The van der Waals surface area contributed by atoms with E-state index in [9.17, 15) is 91.4 Å². The molecule has 44 heteroatoms. The van der Waals surface area contributed by atoms with E-state index in [0.29, 0.717) is 109 Å². The minimum absolute atomic E-state index is 0.0457. The Morgan fingerprint density at radius 1 is 0.437 bits per heavy atom.